The lowest BCUT2D eigenvalue weighted by molar-refractivity contribution is 0.0123. The minimum atomic E-state index is -0.606. The van der Waals surface area contributed by atoms with Crippen molar-refractivity contribution in [3.05, 3.63) is 71.7 Å². The van der Waals surface area contributed by atoms with Crippen LogP contribution in [0.15, 0.2) is 54.6 Å². The van der Waals surface area contributed by atoms with Gasteiger partial charge in [-0.05, 0) is 43.5 Å². The summed E-state index contributed by atoms with van der Waals surface area (Å²) in [5, 5.41) is 15.4. The number of benzene rings is 2. The number of rotatable bonds is 14. The van der Waals surface area contributed by atoms with Crippen LogP contribution in [0.4, 0.5) is 4.39 Å². The quantitative estimate of drug-likeness (QED) is 0.296. The first-order valence-corrected chi connectivity index (χ1v) is 12.4. The van der Waals surface area contributed by atoms with Crippen molar-refractivity contribution in [2.45, 2.75) is 53.2 Å². The fourth-order valence-electron chi connectivity index (χ4n) is 3.96. The van der Waals surface area contributed by atoms with Crippen LogP contribution < -0.4 is 4.74 Å². The molecule has 0 fully saturated rings. The SMILES string of the molecule is CCCCOC[C@H](O)CN(Cc1c(C)nn(-c2ccccc2)c1Oc1ccccc1F)CC(C)C. The topological polar surface area (TPSA) is 59.8 Å². The molecule has 0 bridgehead atoms. The normalized spacial score (nSPS) is 12.5. The Balaban J connectivity index is 1.90. The minimum absolute atomic E-state index is 0.144. The highest BCUT2D eigenvalue weighted by molar-refractivity contribution is 5.43. The Morgan fingerprint density at radius 2 is 1.77 bits per heavy atom. The number of aliphatic hydroxyl groups is 1. The number of aromatic nitrogens is 2. The maximum Gasteiger partial charge on any atom is 0.227 e. The Hall–Kier alpha value is -2.74. The first-order valence-electron chi connectivity index (χ1n) is 12.4. The fourth-order valence-corrected chi connectivity index (χ4v) is 3.96. The molecule has 0 amide bonds. The zero-order valence-corrected chi connectivity index (χ0v) is 21.3. The van der Waals surface area contributed by atoms with Crippen LogP contribution in [-0.2, 0) is 11.3 Å². The van der Waals surface area contributed by atoms with Crippen LogP contribution in [0.1, 0.15) is 44.9 Å². The largest absolute Gasteiger partial charge is 0.435 e. The third kappa shape index (κ3) is 7.88. The Bertz CT molecular complexity index is 1040. The highest BCUT2D eigenvalue weighted by Gasteiger charge is 2.23. The molecule has 3 aromatic rings. The summed E-state index contributed by atoms with van der Waals surface area (Å²) >= 11 is 0. The molecular weight excluding hydrogens is 445 g/mol. The van der Waals surface area contributed by atoms with Gasteiger partial charge in [0.25, 0.3) is 0 Å². The second-order valence-corrected chi connectivity index (χ2v) is 9.32. The third-order valence-electron chi connectivity index (χ3n) is 5.61. The molecule has 0 saturated carbocycles. The van der Waals surface area contributed by atoms with Gasteiger partial charge in [-0.2, -0.15) is 5.10 Å². The molecule has 0 unspecified atom stereocenters. The molecule has 1 atom stereocenters. The van der Waals surface area contributed by atoms with Gasteiger partial charge in [-0.15, -0.1) is 0 Å². The predicted octanol–water partition coefficient (Wildman–Crippen LogP) is 5.75. The number of nitrogens with zero attached hydrogens (tertiary/aromatic N) is 3. The summed E-state index contributed by atoms with van der Waals surface area (Å²) < 4.78 is 28.0. The number of halogens is 1. The lowest BCUT2D eigenvalue weighted by Crippen LogP contribution is -2.37. The van der Waals surface area contributed by atoms with Crippen LogP contribution in [0.25, 0.3) is 5.69 Å². The van der Waals surface area contributed by atoms with Crippen LogP contribution in [0.5, 0.6) is 11.6 Å². The van der Waals surface area contributed by atoms with E-state index in [1.54, 1.807) is 22.9 Å². The monoisotopic (exact) mass is 483 g/mol. The van der Waals surface area contributed by atoms with Gasteiger partial charge in [-0.1, -0.05) is 57.5 Å². The maximum atomic E-state index is 14.5. The zero-order chi connectivity index (χ0) is 25.2. The van der Waals surface area contributed by atoms with E-state index in [0.717, 1.165) is 36.3 Å². The van der Waals surface area contributed by atoms with Crippen molar-refractivity contribution < 1.29 is 19.0 Å². The van der Waals surface area contributed by atoms with Crippen LogP contribution in [0.2, 0.25) is 0 Å². The summed E-state index contributed by atoms with van der Waals surface area (Å²) in [7, 11) is 0. The number of aliphatic hydroxyl groups excluding tert-OH is 1. The number of hydrogen-bond donors (Lipinski definition) is 1. The molecule has 0 aliphatic carbocycles. The summed E-state index contributed by atoms with van der Waals surface area (Å²) in [4.78, 5) is 2.19. The molecule has 0 spiro atoms. The first kappa shape index (κ1) is 26.9. The van der Waals surface area contributed by atoms with Gasteiger partial charge >= 0.3 is 0 Å². The van der Waals surface area contributed by atoms with Gasteiger partial charge in [-0.3, -0.25) is 4.90 Å². The highest BCUT2D eigenvalue weighted by atomic mass is 19.1. The van der Waals surface area contributed by atoms with Gasteiger partial charge in [0, 0.05) is 26.2 Å². The smallest absolute Gasteiger partial charge is 0.227 e. The molecule has 35 heavy (non-hydrogen) atoms. The van der Waals surface area contributed by atoms with Crippen LogP contribution in [0.3, 0.4) is 0 Å². The summed E-state index contributed by atoms with van der Waals surface area (Å²) in [6, 6.07) is 16.0. The Kier molecular flexibility index (Phi) is 10.3. The molecule has 0 radical (unpaired) electrons. The van der Waals surface area contributed by atoms with Gasteiger partial charge in [0.15, 0.2) is 11.6 Å². The Labute approximate surface area is 208 Å². The molecule has 6 nitrogen and oxygen atoms in total. The average Bonchev–Trinajstić information content (AvgIpc) is 3.13. The van der Waals surface area contributed by atoms with E-state index < -0.39 is 11.9 Å². The van der Waals surface area contributed by atoms with E-state index in [4.69, 9.17) is 14.6 Å². The lowest BCUT2D eigenvalue weighted by Gasteiger charge is -2.27. The van der Waals surface area contributed by atoms with E-state index in [9.17, 15) is 9.50 Å². The van der Waals surface area contributed by atoms with Crippen molar-refractivity contribution >= 4 is 0 Å². The third-order valence-corrected chi connectivity index (χ3v) is 5.61. The van der Waals surface area contributed by atoms with Crippen molar-refractivity contribution in [3.8, 4) is 17.3 Å². The van der Waals surface area contributed by atoms with Gasteiger partial charge in [0.1, 0.15) is 0 Å². The van der Waals surface area contributed by atoms with Crippen molar-refractivity contribution in [2.24, 2.45) is 5.92 Å². The molecule has 1 N–H and O–H groups in total. The standard InChI is InChI=1S/C28H38FN3O3/c1-5-6-16-34-20-24(33)18-31(17-21(2)3)19-25-22(4)30-32(23-12-8-7-9-13-23)28(25)35-27-15-11-10-14-26(27)29/h7-15,21,24,33H,5-6,16-20H2,1-4H3/t24-/m1/s1. The van der Waals surface area contributed by atoms with E-state index in [1.165, 1.54) is 6.07 Å². The van der Waals surface area contributed by atoms with Crippen LogP contribution >= 0.6 is 0 Å². The zero-order valence-electron chi connectivity index (χ0n) is 21.3. The molecule has 0 aliphatic heterocycles. The Morgan fingerprint density at radius 1 is 1.06 bits per heavy atom. The number of ether oxygens (including phenoxy) is 2. The number of aryl methyl sites for hydroxylation is 1. The maximum absolute atomic E-state index is 14.5. The van der Waals surface area contributed by atoms with E-state index >= 15 is 0 Å². The van der Waals surface area contributed by atoms with Crippen molar-refractivity contribution in [1.82, 2.24) is 14.7 Å². The number of hydrogen-bond acceptors (Lipinski definition) is 5. The molecule has 2 aromatic carbocycles. The van der Waals surface area contributed by atoms with Crippen molar-refractivity contribution in [2.75, 3.05) is 26.3 Å². The second kappa shape index (κ2) is 13.4. The molecule has 0 aliphatic rings. The lowest BCUT2D eigenvalue weighted by atomic mass is 10.1. The molecule has 1 aromatic heterocycles. The van der Waals surface area contributed by atoms with Crippen molar-refractivity contribution in [3.63, 3.8) is 0 Å². The van der Waals surface area contributed by atoms with Crippen LogP contribution in [0, 0.1) is 18.7 Å². The molecule has 0 saturated heterocycles. The highest BCUT2D eigenvalue weighted by Crippen LogP contribution is 2.33. The molecular formula is C28H38FN3O3. The Morgan fingerprint density at radius 3 is 2.46 bits per heavy atom. The van der Waals surface area contributed by atoms with Gasteiger partial charge in [-0.25, -0.2) is 9.07 Å². The van der Waals surface area contributed by atoms with E-state index in [2.05, 4.69) is 25.7 Å². The van der Waals surface area contributed by atoms with Crippen LogP contribution in [-0.4, -0.2) is 52.2 Å². The minimum Gasteiger partial charge on any atom is -0.435 e. The van der Waals surface area contributed by atoms with Gasteiger partial charge < -0.3 is 14.6 Å². The fraction of sp³-hybridized carbons (Fsp3) is 0.464. The van der Waals surface area contributed by atoms with Gasteiger partial charge in [0.2, 0.25) is 5.88 Å². The molecule has 3 rings (SSSR count). The van der Waals surface area contributed by atoms with E-state index in [0.29, 0.717) is 38.1 Å². The summed E-state index contributed by atoms with van der Waals surface area (Å²) in [5.41, 5.74) is 2.48. The van der Waals surface area contributed by atoms with E-state index in [1.807, 2.05) is 37.3 Å². The van der Waals surface area contributed by atoms with Crippen molar-refractivity contribution in [1.29, 1.82) is 0 Å². The molecule has 7 heteroatoms. The summed E-state index contributed by atoms with van der Waals surface area (Å²) in [6.07, 6.45) is 1.44. The summed E-state index contributed by atoms with van der Waals surface area (Å²) in [5.74, 6) is 0.575. The first-order chi connectivity index (χ1) is 16.9. The number of para-hydroxylation sites is 2. The molecule has 1 heterocycles. The van der Waals surface area contributed by atoms with Gasteiger partial charge in [0.05, 0.1) is 29.7 Å². The predicted molar refractivity (Wildman–Crippen MR) is 137 cm³/mol. The molecule has 190 valence electrons. The summed E-state index contributed by atoms with van der Waals surface area (Å²) in [6.45, 7) is 11.0. The number of unbranched alkanes of at least 4 members (excludes halogenated alkanes) is 1. The average molecular weight is 484 g/mol. The second-order valence-electron chi connectivity index (χ2n) is 9.32. The van der Waals surface area contributed by atoms with E-state index in [-0.39, 0.29) is 5.75 Å².